The second-order valence-electron chi connectivity index (χ2n) is 7.10. The first kappa shape index (κ1) is 16.6. The summed E-state index contributed by atoms with van der Waals surface area (Å²) in [7, 11) is 0. The molecule has 26 heavy (non-hydrogen) atoms. The van der Waals surface area contributed by atoms with Gasteiger partial charge < -0.3 is 4.74 Å². The van der Waals surface area contributed by atoms with Crippen molar-refractivity contribution < 1.29 is 9.53 Å². The lowest BCUT2D eigenvalue weighted by Gasteiger charge is -2.21. The number of aryl methyl sites for hydroxylation is 3. The number of benzene rings is 3. The molecule has 0 saturated carbocycles. The molecule has 3 aromatic rings. The summed E-state index contributed by atoms with van der Waals surface area (Å²) in [6.07, 6.45) is -0.532. The van der Waals surface area contributed by atoms with Gasteiger partial charge in [0, 0.05) is 11.1 Å². The van der Waals surface area contributed by atoms with Gasteiger partial charge in [-0.1, -0.05) is 66.2 Å². The molecule has 0 saturated heterocycles. The van der Waals surface area contributed by atoms with Crippen molar-refractivity contribution in [3.05, 3.63) is 100 Å². The van der Waals surface area contributed by atoms with Gasteiger partial charge in [0.1, 0.15) is 5.75 Å². The van der Waals surface area contributed by atoms with Crippen molar-refractivity contribution >= 4 is 5.78 Å². The Bertz CT molecular complexity index is 950. The number of para-hydroxylation sites is 1. The summed E-state index contributed by atoms with van der Waals surface area (Å²) in [6, 6.07) is 22.3. The molecular formula is C24H22O2. The zero-order valence-corrected chi connectivity index (χ0v) is 15.3. The lowest BCUT2D eigenvalue weighted by molar-refractivity contribution is 0.0805. The van der Waals surface area contributed by atoms with E-state index in [-0.39, 0.29) is 11.7 Å². The Morgan fingerprint density at radius 2 is 1.46 bits per heavy atom. The molecular weight excluding hydrogens is 320 g/mol. The largest absolute Gasteiger partial charge is 0.481 e. The van der Waals surface area contributed by atoms with Crippen LogP contribution in [0.3, 0.4) is 0 Å². The van der Waals surface area contributed by atoms with E-state index < -0.39 is 6.10 Å². The van der Waals surface area contributed by atoms with Gasteiger partial charge in [-0.05, 0) is 43.5 Å². The first-order chi connectivity index (χ1) is 12.6. The summed E-state index contributed by atoms with van der Waals surface area (Å²) in [5.74, 6) is 0.784. The molecule has 0 unspecified atom stereocenters. The van der Waals surface area contributed by atoms with E-state index in [2.05, 4.69) is 37.3 Å². The van der Waals surface area contributed by atoms with Gasteiger partial charge in [0.15, 0.2) is 6.10 Å². The number of carbonyl (C=O) groups is 1. The second-order valence-corrected chi connectivity index (χ2v) is 7.10. The second kappa shape index (κ2) is 6.45. The summed E-state index contributed by atoms with van der Waals surface area (Å²) in [5, 5.41) is 0. The molecule has 0 spiro atoms. The van der Waals surface area contributed by atoms with Gasteiger partial charge >= 0.3 is 0 Å². The molecule has 2 nitrogen and oxygen atoms in total. The SMILES string of the molecule is Cc1cc(C)c(C(=O)[C@@H]2Oc3ccccc3[C@@H]2c2ccccc2)c(C)c1. The maximum atomic E-state index is 13.5. The van der Waals surface area contributed by atoms with Gasteiger partial charge in [-0.3, -0.25) is 4.79 Å². The minimum atomic E-state index is -0.532. The maximum absolute atomic E-state index is 13.5. The fraction of sp³-hybridized carbons (Fsp3) is 0.208. The number of ether oxygens (including phenoxy) is 1. The van der Waals surface area contributed by atoms with Crippen molar-refractivity contribution in [3.8, 4) is 5.75 Å². The third kappa shape index (κ3) is 2.72. The van der Waals surface area contributed by atoms with Gasteiger partial charge in [0.05, 0.1) is 5.92 Å². The van der Waals surface area contributed by atoms with Gasteiger partial charge in [-0.15, -0.1) is 0 Å². The zero-order valence-electron chi connectivity index (χ0n) is 15.3. The average molecular weight is 342 g/mol. The fourth-order valence-corrected chi connectivity index (χ4v) is 4.14. The van der Waals surface area contributed by atoms with Crippen LogP contribution < -0.4 is 4.74 Å². The Morgan fingerprint density at radius 3 is 2.15 bits per heavy atom. The molecule has 3 aromatic carbocycles. The first-order valence-electron chi connectivity index (χ1n) is 8.99. The van der Waals surface area contributed by atoms with Crippen LogP contribution in [-0.2, 0) is 0 Å². The molecule has 0 bridgehead atoms. The Morgan fingerprint density at radius 1 is 0.846 bits per heavy atom. The molecule has 0 N–H and O–H groups in total. The third-order valence-corrected chi connectivity index (χ3v) is 5.15. The van der Waals surface area contributed by atoms with Crippen LogP contribution in [0.15, 0.2) is 66.7 Å². The summed E-state index contributed by atoms with van der Waals surface area (Å²) in [4.78, 5) is 13.5. The van der Waals surface area contributed by atoms with Crippen molar-refractivity contribution in [2.45, 2.75) is 32.8 Å². The molecule has 0 radical (unpaired) electrons. The van der Waals surface area contributed by atoms with Crippen molar-refractivity contribution in [2.24, 2.45) is 0 Å². The van der Waals surface area contributed by atoms with Crippen LogP contribution in [0.2, 0.25) is 0 Å². The average Bonchev–Trinajstić information content (AvgIpc) is 3.01. The van der Waals surface area contributed by atoms with Gasteiger partial charge in [0.2, 0.25) is 5.78 Å². The Hall–Kier alpha value is -2.87. The quantitative estimate of drug-likeness (QED) is 0.597. The number of rotatable bonds is 3. The van der Waals surface area contributed by atoms with E-state index in [1.54, 1.807) is 0 Å². The van der Waals surface area contributed by atoms with Crippen molar-refractivity contribution in [1.82, 2.24) is 0 Å². The van der Waals surface area contributed by atoms with Crippen LogP contribution in [0.1, 0.15) is 44.1 Å². The number of ketones is 1. The Balaban J connectivity index is 1.82. The number of carbonyl (C=O) groups excluding carboxylic acids is 1. The molecule has 4 rings (SSSR count). The topological polar surface area (TPSA) is 26.3 Å². The molecule has 2 atom stereocenters. The highest BCUT2D eigenvalue weighted by molar-refractivity contribution is 6.03. The van der Waals surface area contributed by atoms with Crippen LogP contribution in [0.4, 0.5) is 0 Å². The van der Waals surface area contributed by atoms with Crippen LogP contribution in [0.25, 0.3) is 0 Å². The predicted molar refractivity (Wildman–Crippen MR) is 104 cm³/mol. The molecule has 1 heterocycles. The Kier molecular flexibility index (Phi) is 4.12. The van der Waals surface area contributed by atoms with Crippen LogP contribution in [0, 0.1) is 20.8 Å². The lowest BCUT2D eigenvalue weighted by atomic mass is 9.83. The first-order valence-corrected chi connectivity index (χ1v) is 8.99. The van der Waals surface area contributed by atoms with Crippen molar-refractivity contribution in [1.29, 1.82) is 0 Å². The predicted octanol–water partition coefficient (Wildman–Crippen LogP) is 5.39. The zero-order chi connectivity index (χ0) is 18.3. The highest BCUT2D eigenvalue weighted by Gasteiger charge is 2.41. The molecule has 1 aliphatic heterocycles. The number of Topliss-reactive ketones (excluding diaryl/α,β-unsaturated/α-hetero) is 1. The van der Waals surface area contributed by atoms with Crippen LogP contribution in [0.5, 0.6) is 5.75 Å². The van der Waals surface area contributed by atoms with Crippen molar-refractivity contribution in [2.75, 3.05) is 0 Å². The lowest BCUT2D eigenvalue weighted by Crippen LogP contribution is -2.31. The van der Waals surface area contributed by atoms with Gasteiger partial charge in [-0.2, -0.15) is 0 Å². The monoisotopic (exact) mass is 342 g/mol. The van der Waals surface area contributed by atoms with E-state index in [0.717, 1.165) is 33.6 Å². The molecule has 1 aliphatic rings. The van der Waals surface area contributed by atoms with E-state index in [1.807, 2.05) is 50.2 Å². The standard InChI is InChI=1S/C24H22O2/c1-15-13-16(2)21(17(3)14-15)23(25)24-22(18-9-5-4-6-10-18)19-11-7-8-12-20(19)26-24/h4-14,22,24H,1-3H3/t22-,24+/m0/s1. The molecule has 130 valence electrons. The third-order valence-electron chi connectivity index (χ3n) is 5.15. The molecule has 0 fully saturated rings. The minimum Gasteiger partial charge on any atom is -0.481 e. The highest BCUT2D eigenvalue weighted by Crippen LogP contribution is 2.43. The molecule has 0 amide bonds. The fourth-order valence-electron chi connectivity index (χ4n) is 4.14. The smallest absolute Gasteiger partial charge is 0.204 e. The van der Waals surface area contributed by atoms with E-state index in [4.69, 9.17) is 4.74 Å². The van der Waals surface area contributed by atoms with Crippen molar-refractivity contribution in [3.63, 3.8) is 0 Å². The van der Waals surface area contributed by atoms with Gasteiger partial charge in [-0.25, -0.2) is 0 Å². The summed E-state index contributed by atoms with van der Waals surface area (Å²) >= 11 is 0. The minimum absolute atomic E-state index is 0.0602. The summed E-state index contributed by atoms with van der Waals surface area (Å²) < 4.78 is 6.18. The molecule has 2 heteroatoms. The van der Waals surface area contributed by atoms with E-state index in [0.29, 0.717) is 0 Å². The number of fused-ring (bicyclic) bond motifs is 1. The number of hydrogen-bond donors (Lipinski definition) is 0. The van der Waals surface area contributed by atoms with Crippen LogP contribution in [-0.4, -0.2) is 11.9 Å². The summed E-state index contributed by atoms with van der Waals surface area (Å²) in [5.41, 5.74) is 6.18. The van der Waals surface area contributed by atoms with E-state index in [9.17, 15) is 4.79 Å². The maximum Gasteiger partial charge on any atom is 0.204 e. The number of hydrogen-bond acceptors (Lipinski definition) is 2. The highest BCUT2D eigenvalue weighted by atomic mass is 16.5. The molecule has 0 aliphatic carbocycles. The van der Waals surface area contributed by atoms with Gasteiger partial charge in [0.25, 0.3) is 0 Å². The Labute approximate surface area is 154 Å². The van der Waals surface area contributed by atoms with Crippen LogP contribution >= 0.6 is 0 Å². The summed E-state index contributed by atoms with van der Waals surface area (Å²) in [6.45, 7) is 6.07. The van der Waals surface area contributed by atoms with E-state index in [1.165, 1.54) is 5.56 Å². The molecule has 0 aromatic heterocycles. The normalized spacial score (nSPS) is 18.3. The van der Waals surface area contributed by atoms with E-state index >= 15 is 0 Å².